The van der Waals surface area contributed by atoms with Crippen molar-refractivity contribution in [2.45, 2.75) is 0 Å². The molecule has 0 unspecified atom stereocenters. The van der Waals surface area contributed by atoms with Gasteiger partial charge in [0.2, 0.25) is 0 Å². The molecule has 0 fully saturated rings. The summed E-state index contributed by atoms with van der Waals surface area (Å²) in [6.07, 6.45) is 8.04. The molecule has 1 heterocycles. The number of aromatic amines is 1. The highest BCUT2D eigenvalue weighted by atomic mass is 16.1. The van der Waals surface area contributed by atoms with Gasteiger partial charge < -0.3 is 4.98 Å². The lowest BCUT2D eigenvalue weighted by Crippen LogP contribution is -2.25. The lowest BCUT2D eigenvalue weighted by Gasteiger charge is -2.12. The van der Waals surface area contributed by atoms with Crippen LogP contribution in [0.3, 0.4) is 0 Å². The molecule has 0 radical (unpaired) electrons. The summed E-state index contributed by atoms with van der Waals surface area (Å²) in [5.41, 5.74) is 5.84. The number of carbonyl (C=O) groups excluding carboxylic acids is 1. The summed E-state index contributed by atoms with van der Waals surface area (Å²) in [5.74, 6) is 0.137. The van der Waals surface area contributed by atoms with Gasteiger partial charge in [-0.2, -0.15) is 0 Å². The highest BCUT2D eigenvalue weighted by Crippen LogP contribution is 2.39. The number of carbonyl (C=O) groups is 1. The Morgan fingerprint density at radius 3 is 2.86 bits per heavy atom. The maximum Gasteiger partial charge on any atom is 0.195 e. The molecule has 1 aromatic rings. The van der Waals surface area contributed by atoms with Crippen molar-refractivity contribution in [2.75, 3.05) is 0 Å². The van der Waals surface area contributed by atoms with Crippen LogP contribution in [-0.4, -0.2) is 10.8 Å². The zero-order valence-corrected chi connectivity index (χ0v) is 11.2. The summed E-state index contributed by atoms with van der Waals surface area (Å²) in [4.78, 5) is 16.1. The first-order chi connectivity index (χ1) is 10.3. The Hall–Kier alpha value is -2.87. The molecule has 3 aliphatic carbocycles. The van der Waals surface area contributed by atoms with Gasteiger partial charge in [-0.1, -0.05) is 24.3 Å². The molecule has 0 aromatic heterocycles. The second-order valence-electron chi connectivity index (χ2n) is 5.52. The molecule has 4 aliphatic rings. The second kappa shape index (κ2) is 3.61. The molecule has 1 aromatic carbocycles. The van der Waals surface area contributed by atoms with E-state index in [0.29, 0.717) is 0 Å². The molecule has 2 heteroatoms. The number of fused-ring (bicyclic) bond motifs is 5. The van der Waals surface area contributed by atoms with Crippen LogP contribution in [0.4, 0.5) is 0 Å². The van der Waals surface area contributed by atoms with E-state index >= 15 is 0 Å². The van der Waals surface area contributed by atoms with Gasteiger partial charge >= 0.3 is 0 Å². The van der Waals surface area contributed by atoms with Crippen molar-refractivity contribution in [3.8, 4) is 11.1 Å². The molecule has 21 heavy (non-hydrogen) atoms. The number of ketones is 1. The van der Waals surface area contributed by atoms with Gasteiger partial charge in [0.05, 0.1) is 0 Å². The van der Waals surface area contributed by atoms with Crippen molar-refractivity contribution in [2.24, 2.45) is 0 Å². The number of hydrogen-bond acceptors (Lipinski definition) is 1. The molecule has 0 saturated heterocycles. The molecule has 0 spiro atoms. The van der Waals surface area contributed by atoms with Crippen LogP contribution in [0.25, 0.3) is 28.9 Å². The fourth-order valence-corrected chi connectivity index (χ4v) is 3.45. The number of pyridine rings is 1. The number of hydrogen-bond donors (Lipinski definition) is 1. The van der Waals surface area contributed by atoms with E-state index in [0.717, 1.165) is 43.8 Å². The zero-order chi connectivity index (χ0) is 14.0. The van der Waals surface area contributed by atoms with Gasteiger partial charge in [-0.3, -0.25) is 4.79 Å². The van der Waals surface area contributed by atoms with Crippen molar-refractivity contribution in [3.05, 3.63) is 75.9 Å². The van der Waals surface area contributed by atoms with Crippen LogP contribution in [0.2, 0.25) is 0 Å². The molecule has 5 rings (SSSR count). The number of aromatic nitrogens is 1. The van der Waals surface area contributed by atoms with Gasteiger partial charge in [0.15, 0.2) is 5.78 Å². The SMILES string of the molecule is O=C1C2=c3ccccc3=CC2=Cc2cc3cc[nH]cc-3c21. The van der Waals surface area contributed by atoms with Crippen LogP contribution in [0.5, 0.6) is 0 Å². The average molecular weight is 269 g/mol. The Balaban J connectivity index is 1.92. The molecule has 98 valence electrons. The van der Waals surface area contributed by atoms with Crippen LogP contribution in [0.15, 0.2) is 54.4 Å². The van der Waals surface area contributed by atoms with Gasteiger partial charge in [-0.05, 0) is 51.4 Å². The van der Waals surface area contributed by atoms with E-state index in [1.165, 1.54) is 0 Å². The van der Waals surface area contributed by atoms with Gasteiger partial charge in [0.1, 0.15) is 0 Å². The molecule has 2 nitrogen and oxygen atoms in total. The van der Waals surface area contributed by atoms with E-state index in [1.54, 1.807) is 0 Å². The van der Waals surface area contributed by atoms with E-state index < -0.39 is 0 Å². The molecule has 0 amide bonds. The summed E-state index contributed by atoms with van der Waals surface area (Å²) in [7, 11) is 0. The summed E-state index contributed by atoms with van der Waals surface area (Å²) < 4.78 is 0. The standard InChI is InChI=1S/C19H11NO/c21-19-17-13(7-11-3-1-2-4-15(11)17)9-14-8-12-5-6-20-10-16(12)18(14)19/h1-10,20H. The first-order valence-electron chi connectivity index (χ1n) is 7.00. The largest absolute Gasteiger partial charge is 0.367 e. The van der Waals surface area contributed by atoms with Crippen LogP contribution in [0.1, 0.15) is 15.9 Å². The normalized spacial score (nSPS) is 15.3. The lowest BCUT2D eigenvalue weighted by molar-refractivity contribution is 0.105. The molecule has 0 bridgehead atoms. The van der Waals surface area contributed by atoms with E-state index in [1.807, 2.05) is 36.7 Å². The van der Waals surface area contributed by atoms with Crippen molar-refractivity contribution in [3.63, 3.8) is 0 Å². The fourth-order valence-electron chi connectivity index (χ4n) is 3.45. The Labute approximate surface area is 121 Å². The average Bonchev–Trinajstić information content (AvgIpc) is 3.04. The molecule has 0 saturated carbocycles. The maximum atomic E-state index is 13.0. The summed E-state index contributed by atoms with van der Waals surface area (Å²) >= 11 is 0. The third kappa shape index (κ3) is 1.29. The Bertz CT molecular complexity index is 1050. The summed E-state index contributed by atoms with van der Waals surface area (Å²) in [6, 6.07) is 12.2. The first-order valence-corrected chi connectivity index (χ1v) is 7.00. The van der Waals surface area contributed by atoms with Crippen LogP contribution >= 0.6 is 0 Å². The highest BCUT2D eigenvalue weighted by molar-refractivity contribution is 6.37. The predicted molar refractivity (Wildman–Crippen MR) is 83.3 cm³/mol. The maximum absolute atomic E-state index is 13.0. The zero-order valence-electron chi connectivity index (χ0n) is 11.2. The van der Waals surface area contributed by atoms with E-state index in [9.17, 15) is 4.79 Å². The topological polar surface area (TPSA) is 32.9 Å². The Kier molecular flexibility index (Phi) is 1.87. The number of rotatable bonds is 0. The lowest BCUT2D eigenvalue weighted by atomic mass is 9.89. The molecule has 1 N–H and O–H groups in total. The first kappa shape index (κ1) is 10.9. The summed E-state index contributed by atoms with van der Waals surface area (Å²) in [5, 5.41) is 2.18. The third-order valence-electron chi connectivity index (χ3n) is 4.36. The minimum absolute atomic E-state index is 0.137. The summed E-state index contributed by atoms with van der Waals surface area (Å²) in [6.45, 7) is 0. The van der Waals surface area contributed by atoms with Gasteiger partial charge in [0, 0.05) is 29.1 Å². The van der Waals surface area contributed by atoms with Gasteiger partial charge in [-0.25, -0.2) is 0 Å². The van der Waals surface area contributed by atoms with E-state index in [2.05, 4.69) is 29.3 Å². The Morgan fingerprint density at radius 1 is 1.00 bits per heavy atom. The minimum Gasteiger partial charge on any atom is -0.367 e. The molecule has 0 atom stereocenters. The number of nitrogens with one attached hydrogen (secondary N) is 1. The van der Waals surface area contributed by atoms with Gasteiger partial charge in [-0.15, -0.1) is 0 Å². The van der Waals surface area contributed by atoms with E-state index in [4.69, 9.17) is 0 Å². The van der Waals surface area contributed by atoms with Crippen molar-refractivity contribution in [1.82, 2.24) is 4.98 Å². The highest BCUT2D eigenvalue weighted by Gasteiger charge is 2.30. The van der Waals surface area contributed by atoms with Crippen LogP contribution < -0.4 is 10.4 Å². The van der Waals surface area contributed by atoms with Gasteiger partial charge in [0.25, 0.3) is 0 Å². The monoisotopic (exact) mass is 269 g/mol. The van der Waals surface area contributed by atoms with Crippen LogP contribution in [0, 0.1) is 0 Å². The second-order valence-corrected chi connectivity index (χ2v) is 5.52. The van der Waals surface area contributed by atoms with E-state index in [-0.39, 0.29) is 5.78 Å². The van der Waals surface area contributed by atoms with Crippen molar-refractivity contribution in [1.29, 1.82) is 0 Å². The third-order valence-corrected chi connectivity index (χ3v) is 4.36. The fraction of sp³-hybridized carbons (Fsp3) is 0. The van der Waals surface area contributed by atoms with Crippen molar-refractivity contribution < 1.29 is 4.79 Å². The number of Topliss-reactive ketones (excluding diaryl/α,β-unsaturated/α-hetero) is 1. The minimum atomic E-state index is 0.137. The number of allylic oxidation sites excluding steroid dienone is 1. The smallest absolute Gasteiger partial charge is 0.195 e. The number of benzene rings is 1. The Morgan fingerprint density at radius 2 is 1.90 bits per heavy atom. The quantitative estimate of drug-likeness (QED) is 0.667. The molecule has 1 aliphatic heterocycles. The van der Waals surface area contributed by atoms with Crippen molar-refractivity contribution >= 4 is 23.5 Å². The van der Waals surface area contributed by atoms with Crippen LogP contribution in [-0.2, 0) is 0 Å². The predicted octanol–water partition coefficient (Wildman–Crippen LogP) is 2.34. The number of H-pyrrole nitrogens is 1. The molecular weight excluding hydrogens is 258 g/mol. The molecular formula is C19H11NO.